The molecule has 2 aromatic heterocycles. The molecule has 1 fully saturated rings. The first-order valence-electron chi connectivity index (χ1n) is 10.3. The third-order valence-electron chi connectivity index (χ3n) is 5.87. The zero-order valence-electron chi connectivity index (χ0n) is 16.3. The molecule has 0 saturated heterocycles. The third-order valence-corrected chi connectivity index (χ3v) is 6.72. The lowest BCUT2D eigenvalue weighted by Crippen LogP contribution is -2.32. The summed E-state index contributed by atoms with van der Waals surface area (Å²) in [4.78, 5) is 15.8. The van der Waals surface area contributed by atoms with E-state index in [1.54, 1.807) is 11.3 Å². The third kappa shape index (κ3) is 3.49. The minimum absolute atomic E-state index is 0.0790. The number of anilines is 1. The molecule has 5 rings (SSSR count). The number of carbonyl (C=O) groups excluding carboxylic acids is 1. The molecule has 0 spiro atoms. The predicted octanol–water partition coefficient (Wildman–Crippen LogP) is 6.66. The van der Waals surface area contributed by atoms with Gasteiger partial charge in [0.1, 0.15) is 5.69 Å². The minimum Gasteiger partial charge on any atom is -0.333 e. The zero-order valence-corrected chi connectivity index (χ0v) is 17.1. The molecule has 2 aromatic carbocycles. The molecule has 1 aliphatic rings. The SMILES string of the molecule is O=C(c1cc2sccc2n1C1CCCC1)N(Cc1ccccc1)c1ccccc1. The van der Waals surface area contributed by atoms with Crippen LogP contribution in [0.5, 0.6) is 0 Å². The number of aromatic nitrogens is 1. The smallest absolute Gasteiger partial charge is 0.275 e. The molecule has 0 bridgehead atoms. The Hall–Kier alpha value is -2.85. The van der Waals surface area contributed by atoms with Crippen LogP contribution in [-0.4, -0.2) is 10.5 Å². The minimum atomic E-state index is 0.0790. The van der Waals surface area contributed by atoms with Crippen molar-refractivity contribution in [2.24, 2.45) is 0 Å². The summed E-state index contributed by atoms with van der Waals surface area (Å²) in [5, 5.41) is 2.13. The normalized spacial score (nSPS) is 14.5. The lowest BCUT2D eigenvalue weighted by atomic mass is 10.1. The van der Waals surface area contributed by atoms with Crippen LogP contribution in [0.15, 0.2) is 78.2 Å². The van der Waals surface area contributed by atoms with Crippen molar-refractivity contribution in [1.29, 1.82) is 0 Å². The summed E-state index contributed by atoms with van der Waals surface area (Å²) >= 11 is 1.72. The van der Waals surface area contributed by atoms with Gasteiger partial charge in [0.25, 0.3) is 5.91 Å². The van der Waals surface area contributed by atoms with Crippen LogP contribution in [0, 0.1) is 0 Å². The maximum Gasteiger partial charge on any atom is 0.275 e. The molecular weight excluding hydrogens is 376 g/mol. The fraction of sp³-hybridized carbons (Fsp3) is 0.240. The summed E-state index contributed by atoms with van der Waals surface area (Å²) in [6.07, 6.45) is 4.80. The molecule has 1 aliphatic carbocycles. The van der Waals surface area contributed by atoms with E-state index in [1.807, 2.05) is 53.4 Å². The van der Waals surface area contributed by atoms with E-state index in [9.17, 15) is 4.79 Å². The average Bonchev–Trinajstić information content (AvgIpc) is 3.50. The van der Waals surface area contributed by atoms with Crippen molar-refractivity contribution in [3.8, 4) is 0 Å². The van der Waals surface area contributed by atoms with E-state index < -0.39 is 0 Å². The molecule has 146 valence electrons. The Kier molecular flexibility index (Phi) is 4.94. The number of fused-ring (bicyclic) bond motifs is 1. The second-order valence-electron chi connectivity index (χ2n) is 7.72. The molecule has 0 radical (unpaired) electrons. The number of para-hydroxylation sites is 1. The Labute approximate surface area is 175 Å². The maximum absolute atomic E-state index is 13.9. The van der Waals surface area contributed by atoms with Crippen molar-refractivity contribution < 1.29 is 4.79 Å². The van der Waals surface area contributed by atoms with Gasteiger partial charge in [-0.2, -0.15) is 0 Å². The second-order valence-corrected chi connectivity index (χ2v) is 8.67. The van der Waals surface area contributed by atoms with Gasteiger partial charge in [0.15, 0.2) is 0 Å². The largest absolute Gasteiger partial charge is 0.333 e. The fourth-order valence-corrected chi connectivity index (χ4v) is 5.27. The van der Waals surface area contributed by atoms with E-state index in [4.69, 9.17) is 0 Å². The van der Waals surface area contributed by atoms with Gasteiger partial charge in [0.05, 0.1) is 16.8 Å². The highest BCUT2D eigenvalue weighted by Crippen LogP contribution is 2.37. The van der Waals surface area contributed by atoms with Gasteiger partial charge >= 0.3 is 0 Å². The number of benzene rings is 2. The summed E-state index contributed by atoms with van der Waals surface area (Å²) < 4.78 is 3.52. The van der Waals surface area contributed by atoms with E-state index in [0.717, 1.165) is 29.8 Å². The number of thiophene rings is 1. The van der Waals surface area contributed by atoms with Crippen molar-refractivity contribution in [2.75, 3.05) is 4.90 Å². The molecule has 3 nitrogen and oxygen atoms in total. The van der Waals surface area contributed by atoms with E-state index in [-0.39, 0.29) is 5.91 Å². The highest BCUT2D eigenvalue weighted by atomic mass is 32.1. The van der Waals surface area contributed by atoms with E-state index in [1.165, 1.54) is 23.1 Å². The van der Waals surface area contributed by atoms with Crippen LogP contribution in [0.2, 0.25) is 0 Å². The Balaban J connectivity index is 1.59. The highest BCUT2D eigenvalue weighted by Gasteiger charge is 2.28. The summed E-state index contributed by atoms with van der Waals surface area (Å²) in [6.45, 7) is 0.563. The summed E-state index contributed by atoms with van der Waals surface area (Å²) in [5.41, 5.74) is 4.09. The molecule has 0 N–H and O–H groups in total. The fourth-order valence-electron chi connectivity index (χ4n) is 4.46. The molecular formula is C25H24N2OS. The molecule has 4 heteroatoms. The lowest BCUT2D eigenvalue weighted by Gasteiger charge is -2.25. The standard InChI is InChI=1S/C25H24N2OS/c28-25(23-17-24-22(15-16-29-24)27(23)21-13-7-8-14-21)26(20-11-5-2-6-12-20)18-19-9-3-1-4-10-19/h1-6,9-12,15-17,21H,7-8,13-14,18H2. The number of amides is 1. The number of rotatable bonds is 5. The van der Waals surface area contributed by atoms with Crippen molar-refractivity contribution in [2.45, 2.75) is 38.3 Å². The number of nitrogens with zero attached hydrogens (tertiary/aromatic N) is 2. The Bertz CT molecular complexity index is 1110. The number of carbonyl (C=O) groups is 1. The van der Waals surface area contributed by atoms with Gasteiger partial charge in [-0.3, -0.25) is 4.79 Å². The van der Waals surface area contributed by atoms with E-state index >= 15 is 0 Å². The maximum atomic E-state index is 13.9. The molecule has 0 atom stereocenters. The van der Waals surface area contributed by atoms with Gasteiger partial charge < -0.3 is 9.47 Å². The molecule has 4 aromatic rings. The second kappa shape index (κ2) is 7.88. The van der Waals surface area contributed by atoms with Gasteiger partial charge in [-0.25, -0.2) is 0 Å². The zero-order chi connectivity index (χ0) is 19.6. The van der Waals surface area contributed by atoms with Crippen LogP contribution < -0.4 is 4.90 Å². The van der Waals surface area contributed by atoms with Crippen molar-refractivity contribution in [1.82, 2.24) is 4.57 Å². The van der Waals surface area contributed by atoms with E-state index in [0.29, 0.717) is 12.6 Å². The molecule has 0 unspecified atom stereocenters. The van der Waals surface area contributed by atoms with Gasteiger partial charge in [0.2, 0.25) is 0 Å². The molecule has 29 heavy (non-hydrogen) atoms. The van der Waals surface area contributed by atoms with Crippen molar-refractivity contribution in [3.05, 3.63) is 89.4 Å². The predicted molar refractivity (Wildman–Crippen MR) is 121 cm³/mol. The summed E-state index contributed by atoms with van der Waals surface area (Å²) in [6, 6.07) is 24.9. The van der Waals surface area contributed by atoms with Crippen molar-refractivity contribution >= 4 is 33.1 Å². The highest BCUT2D eigenvalue weighted by molar-refractivity contribution is 7.17. The van der Waals surface area contributed by atoms with Gasteiger partial charge in [-0.1, -0.05) is 61.4 Å². The van der Waals surface area contributed by atoms with E-state index in [2.05, 4.69) is 34.2 Å². The van der Waals surface area contributed by atoms with Gasteiger partial charge in [-0.05, 0) is 48.1 Å². The van der Waals surface area contributed by atoms with Crippen LogP contribution in [0.3, 0.4) is 0 Å². The monoisotopic (exact) mass is 400 g/mol. The molecule has 1 amide bonds. The summed E-state index contributed by atoms with van der Waals surface area (Å²) in [5.74, 6) is 0.0790. The van der Waals surface area contributed by atoms with Gasteiger partial charge in [-0.15, -0.1) is 11.3 Å². The van der Waals surface area contributed by atoms with Gasteiger partial charge in [0, 0.05) is 11.7 Å². The van der Waals surface area contributed by atoms with Crippen LogP contribution in [0.1, 0.15) is 47.8 Å². The van der Waals surface area contributed by atoms with Crippen LogP contribution >= 0.6 is 11.3 Å². The first-order valence-corrected chi connectivity index (χ1v) is 11.2. The average molecular weight is 401 g/mol. The van der Waals surface area contributed by atoms with Crippen LogP contribution in [-0.2, 0) is 6.54 Å². The van der Waals surface area contributed by atoms with Crippen LogP contribution in [0.4, 0.5) is 5.69 Å². The lowest BCUT2D eigenvalue weighted by molar-refractivity contribution is 0.0974. The number of hydrogen-bond acceptors (Lipinski definition) is 2. The molecule has 1 saturated carbocycles. The first kappa shape index (κ1) is 18.2. The Morgan fingerprint density at radius 2 is 1.66 bits per heavy atom. The Morgan fingerprint density at radius 1 is 0.966 bits per heavy atom. The topological polar surface area (TPSA) is 25.2 Å². The van der Waals surface area contributed by atoms with Crippen molar-refractivity contribution in [3.63, 3.8) is 0 Å². The van der Waals surface area contributed by atoms with Crippen LogP contribution in [0.25, 0.3) is 10.2 Å². The first-order chi connectivity index (χ1) is 14.3. The summed E-state index contributed by atoms with van der Waals surface area (Å²) in [7, 11) is 0. The Morgan fingerprint density at radius 3 is 2.38 bits per heavy atom. The number of hydrogen-bond donors (Lipinski definition) is 0. The molecule has 0 aliphatic heterocycles. The quantitative estimate of drug-likeness (QED) is 0.367. The molecule has 2 heterocycles.